The molecular formula is C15H18N2O. The van der Waals surface area contributed by atoms with Crippen molar-refractivity contribution >= 4 is 0 Å². The van der Waals surface area contributed by atoms with Crippen molar-refractivity contribution < 1.29 is 4.74 Å². The number of aromatic nitrogens is 1. The van der Waals surface area contributed by atoms with Crippen LogP contribution in [0.4, 0.5) is 0 Å². The molecule has 0 saturated carbocycles. The highest BCUT2D eigenvalue weighted by atomic mass is 16.5. The van der Waals surface area contributed by atoms with Crippen LogP contribution in [0.25, 0.3) is 0 Å². The second kappa shape index (κ2) is 7.45. The molecule has 0 aliphatic rings. The minimum atomic E-state index is 0.735. The smallest absolute Gasteiger partial charge is 0.119 e. The first-order valence-corrected chi connectivity index (χ1v) is 6.23. The lowest BCUT2D eigenvalue weighted by Crippen LogP contribution is -2.17. The summed E-state index contributed by atoms with van der Waals surface area (Å²) >= 11 is 0. The Morgan fingerprint density at radius 1 is 1.00 bits per heavy atom. The summed E-state index contributed by atoms with van der Waals surface area (Å²) in [4.78, 5) is 4.25. The second-order valence-corrected chi connectivity index (χ2v) is 4.01. The first kappa shape index (κ1) is 12.6. The Bertz CT molecular complexity index is 387. The third-order valence-electron chi connectivity index (χ3n) is 2.54. The van der Waals surface area contributed by atoms with E-state index in [1.807, 2.05) is 54.7 Å². The van der Waals surface area contributed by atoms with Crippen molar-refractivity contribution in [1.29, 1.82) is 0 Å². The molecule has 0 unspecified atom stereocenters. The average Bonchev–Trinajstić information content (AvgIpc) is 2.45. The van der Waals surface area contributed by atoms with Crippen LogP contribution in [0.3, 0.4) is 0 Å². The summed E-state index contributed by atoms with van der Waals surface area (Å²) in [7, 11) is 0. The lowest BCUT2D eigenvalue weighted by atomic mass is 10.3. The highest BCUT2D eigenvalue weighted by Crippen LogP contribution is 2.07. The van der Waals surface area contributed by atoms with Gasteiger partial charge in [-0.3, -0.25) is 4.98 Å². The molecule has 0 amide bonds. The number of nitrogens with one attached hydrogen (secondary N) is 1. The van der Waals surface area contributed by atoms with Crippen LogP contribution in [-0.2, 0) is 6.54 Å². The van der Waals surface area contributed by atoms with E-state index < -0.39 is 0 Å². The number of nitrogens with zero attached hydrogens (tertiary/aromatic N) is 1. The van der Waals surface area contributed by atoms with Gasteiger partial charge in [0.15, 0.2) is 0 Å². The third kappa shape index (κ3) is 4.55. The predicted octanol–water partition coefficient (Wildman–Crippen LogP) is 2.64. The fraction of sp³-hybridized carbons (Fsp3) is 0.267. The number of ether oxygens (including phenoxy) is 1. The first-order valence-electron chi connectivity index (χ1n) is 6.23. The van der Waals surface area contributed by atoms with Crippen LogP contribution < -0.4 is 10.1 Å². The Kier molecular flexibility index (Phi) is 5.21. The van der Waals surface area contributed by atoms with Crippen LogP contribution in [0, 0.1) is 0 Å². The van der Waals surface area contributed by atoms with Gasteiger partial charge in [0.05, 0.1) is 12.3 Å². The number of benzene rings is 1. The lowest BCUT2D eigenvalue weighted by Gasteiger charge is -2.06. The number of para-hydroxylation sites is 1. The van der Waals surface area contributed by atoms with E-state index >= 15 is 0 Å². The van der Waals surface area contributed by atoms with E-state index in [1.54, 1.807) is 0 Å². The molecule has 18 heavy (non-hydrogen) atoms. The van der Waals surface area contributed by atoms with Gasteiger partial charge in [0, 0.05) is 12.7 Å². The van der Waals surface area contributed by atoms with Gasteiger partial charge in [-0.05, 0) is 37.2 Å². The molecule has 0 saturated heterocycles. The highest BCUT2D eigenvalue weighted by molar-refractivity contribution is 5.20. The van der Waals surface area contributed by atoms with E-state index in [-0.39, 0.29) is 0 Å². The normalized spacial score (nSPS) is 10.2. The molecule has 2 rings (SSSR count). The minimum absolute atomic E-state index is 0.735. The maximum atomic E-state index is 5.60. The molecule has 3 nitrogen and oxygen atoms in total. The lowest BCUT2D eigenvalue weighted by molar-refractivity contribution is 0.308. The Morgan fingerprint density at radius 2 is 1.83 bits per heavy atom. The Labute approximate surface area is 108 Å². The van der Waals surface area contributed by atoms with Crippen molar-refractivity contribution in [3.8, 4) is 5.75 Å². The number of pyridine rings is 1. The van der Waals surface area contributed by atoms with Crippen molar-refractivity contribution in [2.45, 2.75) is 13.0 Å². The second-order valence-electron chi connectivity index (χ2n) is 4.01. The van der Waals surface area contributed by atoms with E-state index in [4.69, 9.17) is 4.74 Å². The molecule has 0 aliphatic carbocycles. The third-order valence-corrected chi connectivity index (χ3v) is 2.54. The van der Waals surface area contributed by atoms with Crippen LogP contribution in [0.15, 0.2) is 54.7 Å². The molecule has 3 heteroatoms. The minimum Gasteiger partial charge on any atom is -0.494 e. The molecule has 1 N–H and O–H groups in total. The van der Waals surface area contributed by atoms with Crippen molar-refractivity contribution in [1.82, 2.24) is 10.3 Å². The van der Waals surface area contributed by atoms with Gasteiger partial charge in [0.1, 0.15) is 5.75 Å². The molecule has 0 radical (unpaired) electrons. The van der Waals surface area contributed by atoms with Gasteiger partial charge in [-0.15, -0.1) is 0 Å². The summed E-state index contributed by atoms with van der Waals surface area (Å²) < 4.78 is 5.60. The van der Waals surface area contributed by atoms with Crippen molar-refractivity contribution in [2.75, 3.05) is 13.2 Å². The largest absolute Gasteiger partial charge is 0.494 e. The number of rotatable bonds is 7. The zero-order chi connectivity index (χ0) is 12.5. The Morgan fingerprint density at radius 3 is 2.61 bits per heavy atom. The average molecular weight is 242 g/mol. The predicted molar refractivity (Wildman–Crippen MR) is 72.5 cm³/mol. The maximum Gasteiger partial charge on any atom is 0.119 e. The van der Waals surface area contributed by atoms with Gasteiger partial charge in [0.25, 0.3) is 0 Å². The van der Waals surface area contributed by atoms with Crippen LogP contribution in [-0.4, -0.2) is 18.1 Å². The van der Waals surface area contributed by atoms with E-state index in [0.29, 0.717) is 0 Å². The van der Waals surface area contributed by atoms with Gasteiger partial charge >= 0.3 is 0 Å². The monoisotopic (exact) mass is 242 g/mol. The molecule has 0 spiro atoms. The zero-order valence-electron chi connectivity index (χ0n) is 10.4. The summed E-state index contributed by atoms with van der Waals surface area (Å²) in [6, 6.07) is 15.8. The van der Waals surface area contributed by atoms with Crippen LogP contribution >= 0.6 is 0 Å². The van der Waals surface area contributed by atoms with Crippen LogP contribution in [0.1, 0.15) is 12.1 Å². The van der Waals surface area contributed by atoms with E-state index in [9.17, 15) is 0 Å². The molecule has 0 atom stereocenters. The molecule has 0 bridgehead atoms. The van der Waals surface area contributed by atoms with Crippen molar-refractivity contribution in [3.63, 3.8) is 0 Å². The van der Waals surface area contributed by atoms with Gasteiger partial charge in [-0.2, -0.15) is 0 Å². The summed E-state index contributed by atoms with van der Waals surface area (Å²) in [6.07, 6.45) is 2.80. The molecular weight excluding hydrogens is 224 g/mol. The highest BCUT2D eigenvalue weighted by Gasteiger charge is 1.94. The Hall–Kier alpha value is -1.87. The fourth-order valence-electron chi connectivity index (χ4n) is 1.62. The molecule has 1 heterocycles. The van der Waals surface area contributed by atoms with E-state index in [2.05, 4.69) is 10.3 Å². The molecule has 94 valence electrons. The van der Waals surface area contributed by atoms with E-state index in [1.165, 1.54) is 0 Å². The van der Waals surface area contributed by atoms with Gasteiger partial charge in [-0.25, -0.2) is 0 Å². The van der Waals surface area contributed by atoms with Gasteiger partial charge in [-0.1, -0.05) is 24.3 Å². The quantitative estimate of drug-likeness (QED) is 0.758. The molecule has 1 aromatic heterocycles. The molecule has 0 fully saturated rings. The summed E-state index contributed by atoms with van der Waals surface area (Å²) in [5, 5.41) is 3.35. The van der Waals surface area contributed by atoms with Crippen LogP contribution in [0.5, 0.6) is 5.75 Å². The van der Waals surface area contributed by atoms with Crippen molar-refractivity contribution in [3.05, 3.63) is 60.4 Å². The maximum absolute atomic E-state index is 5.60. The summed E-state index contributed by atoms with van der Waals surface area (Å²) in [6.45, 7) is 2.48. The number of hydrogen-bond acceptors (Lipinski definition) is 3. The van der Waals surface area contributed by atoms with Crippen molar-refractivity contribution in [2.24, 2.45) is 0 Å². The summed E-state index contributed by atoms with van der Waals surface area (Å²) in [5.74, 6) is 0.933. The molecule has 0 aliphatic heterocycles. The van der Waals surface area contributed by atoms with E-state index in [0.717, 1.165) is 37.6 Å². The standard InChI is InChI=1S/C15H18N2O/c1-2-8-15(9-3-1)18-12-6-10-16-13-14-7-4-5-11-17-14/h1-5,7-9,11,16H,6,10,12-13H2. The molecule has 1 aromatic carbocycles. The Balaban J connectivity index is 1.54. The van der Waals surface area contributed by atoms with Gasteiger partial charge < -0.3 is 10.1 Å². The zero-order valence-corrected chi connectivity index (χ0v) is 10.4. The number of hydrogen-bond donors (Lipinski definition) is 1. The molecule has 2 aromatic rings. The topological polar surface area (TPSA) is 34.1 Å². The van der Waals surface area contributed by atoms with Gasteiger partial charge in [0.2, 0.25) is 0 Å². The first-order chi connectivity index (χ1) is 8.95. The van der Waals surface area contributed by atoms with Crippen LogP contribution in [0.2, 0.25) is 0 Å². The summed E-state index contributed by atoms with van der Waals surface area (Å²) in [5.41, 5.74) is 1.07. The SMILES string of the molecule is c1ccc(OCCCNCc2ccccn2)cc1. The fourth-order valence-corrected chi connectivity index (χ4v) is 1.62.